The zero-order chi connectivity index (χ0) is 21.1. The highest BCUT2D eigenvalue weighted by molar-refractivity contribution is 5.92. The van der Waals surface area contributed by atoms with Gasteiger partial charge in [0.1, 0.15) is 5.65 Å². The van der Waals surface area contributed by atoms with Crippen molar-refractivity contribution >= 4 is 38.5 Å². The third kappa shape index (κ3) is 2.53. The van der Waals surface area contributed by atoms with Gasteiger partial charge in [-0.3, -0.25) is 8.97 Å². The molecule has 0 saturated carbocycles. The number of hydrogen-bond acceptors (Lipinski definition) is 3. The van der Waals surface area contributed by atoms with Crippen LogP contribution in [-0.2, 0) is 6.42 Å². The Morgan fingerprint density at radius 2 is 1.65 bits per heavy atom. The third-order valence-electron chi connectivity index (χ3n) is 6.15. The highest BCUT2D eigenvalue weighted by Crippen LogP contribution is 2.31. The van der Waals surface area contributed by atoms with E-state index >= 15 is 0 Å². The number of pyridine rings is 1. The molecule has 0 spiro atoms. The number of imidazole rings is 1. The van der Waals surface area contributed by atoms with Gasteiger partial charge in [0.2, 0.25) is 5.95 Å². The first-order valence-corrected chi connectivity index (χ1v) is 10.4. The summed E-state index contributed by atoms with van der Waals surface area (Å²) in [6.07, 6.45) is 4.75. The molecule has 0 atom stereocenters. The maximum Gasteiger partial charge on any atom is 0.235 e. The van der Waals surface area contributed by atoms with Gasteiger partial charge < -0.3 is 0 Å². The Morgan fingerprint density at radius 1 is 0.871 bits per heavy atom. The Bertz CT molecular complexity index is 1650. The average molecular weight is 403 g/mol. The summed E-state index contributed by atoms with van der Waals surface area (Å²) < 4.78 is 4.32. The first-order chi connectivity index (χ1) is 15.2. The summed E-state index contributed by atoms with van der Waals surface area (Å²) in [5.41, 5.74) is 8.38. The van der Waals surface area contributed by atoms with E-state index in [2.05, 4.69) is 53.8 Å². The third-order valence-corrected chi connectivity index (χ3v) is 6.15. The number of rotatable bonds is 3. The summed E-state index contributed by atoms with van der Waals surface area (Å²) >= 11 is 0. The molecule has 5 heteroatoms. The first kappa shape index (κ1) is 17.8. The number of para-hydroxylation sites is 3. The quantitative estimate of drug-likeness (QED) is 0.355. The molecule has 0 N–H and O–H groups in total. The maximum atomic E-state index is 4.97. The van der Waals surface area contributed by atoms with E-state index in [-0.39, 0.29) is 0 Å². The molecular weight excluding hydrogens is 382 g/mol. The van der Waals surface area contributed by atoms with E-state index in [1.165, 1.54) is 10.9 Å². The van der Waals surface area contributed by atoms with Crippen LogP contribution in [0, 0.1) is 13.8 Å². The molecule has 31 heavy (non-hydrogen) atoms. The monoisotopic (exact) mass is 403 g/mol. The van der Waals surface area contributed by atoms with Crippen molar-refractivity contribution in [3.63, 3.8) is 0 Å². The van der Waals surface area contributed by atoms with E-state index in [0.717, 1.165) is 44.5 Å². The SMILES string of the molecule is C=CCc1nc(-n2c(C)c(C)c3cc4nc5ccccc5n4cc32)nc2ccccc12. The van der Waals surface area contributed by atoms with Crippen molar-refractivity contribution < 1.29 is 0 Å². The summed E-state index contributed by atoms with van der Waals surface area (Å²) in [4.78, 5) is 14.7. The van der Waals surface area contributed by atoms with Gasteiger partial charge in [0.25, 0.3) is 0 Å². The molecule has 0 amide bonds. The van der Waals surface area contributed by atoms with Crippen LogP contribution < -0.4 is 0 Å². The fourth-order valence-corrected chi connectivity index (χ4v) is 4.50. The number of benzene rings is 2. The van der Waals surface area contributed by atoms with Crippen LogP contribution in [0.25, 0.3) is 44.4 Å². The van der Waals surface area contributed by atoms with Crippen LogP contribution in [0.5, 0.6) is 0 Å². The molecule has 0 aliphatic rings. The van der Waals surface area contributed by atoms with Crippen LogP contribution in [0.4, 0.5) is 0 Å². The van der Waals surface area contributed by atoms with Crippen LogP contribution in [0.3, 0.4) is 0 Å². The lowest BCUT2D eigenvalue weighted by atomic mass is 10.1. The van der Waals surface area contributed by atoms with Gasteiger partial charge in [0, 0.05) is 29.1 Å². The number of aryl methyl sites for hydroxylation is 1. The lowest BCUT2D eigenvalue weighted by molar-refractivity contribution is 0.913. The number of fused-ring (bicyclic) bond motifs is 5. The number of aromatic nitrogens is 5. The molecular formula is C26H21N5. The lowest BCUT2D eigenvalue weighted by Crippen LogP contribution is -2.06. The molecule has 4 heterocycles. The summed E-state index contributed by atoms with van der Waals surface area (Å²) in [6.45, 7) is 8.20. The summed E-state index contributed by atoms with van der Waals surface area (Å²) in [5.74, 6) is 0.690. The zero-order valence-corrected chi connectivity index (χ0v) is 17.5. The fourth-order valence-electron chi connectivity index (χ4n) is 4.50. The van der Waals surface area contributed by atoms with Gasteiger partial charge in [-0.05, 0) is 43.7 Å². The van der Waals surface area contributed by atoms with Gasteiger partial charge >= 0.3 is 0 Å². The van der Waals surface area contributed by atoms with E-state index in [0.29, 0.717) is 12.4 Å². The van der Waals surface area contributed by atoms with Gasteiger partial charge in [0.05, 0.1) is 27.8 Å². The van der Waals surface area contributed by atoms with Crippen molar-refractivity contribution in [3.8, 4) is 5.95 Å². The molecule has 5 nitrogen and oxygen atoms in total. The van der Waals surface area contributed by atoms with Gasteiger partial charge in [0.15, 0.2) is 0 Å². The van der Waals surface area contributed by atoms with Crippen molar-refractivity contribution in [2.75, 3.05) is 0 Å². The normalized spacial score (nSPS) is 11.8. The Hall–Kier alpha value is -3.99. The summed E-state index contributed by atoms with van der Waals surface area (Å²) in [6, 6.07) is 18.5. The second kappa shape index (κ2) is 6.51. The molecule has 6 aromatic rings. The molecule has 4 aromatic heterocycles. The van der Waals surface area contributed by atoms with Crippen molar-refractivity contribution in [1.29, 1.82) is 0 Å². The number of hydrogen-bond donors (Lipinski definition) is 0. The van der Waals surface area contributed by atoms with E-state index in [1.54, 1.807) is 0 Å². The zero-order valence-electron chi connectivity index (χ0n) is 17.5. The molecule has 0 aliphatic heterocycles. The highest BCUT2D eigenvalue weighted by Gasteiger charge is 2.18. The minimum atomic E-state index is 0.690. The van der Waals surface area contributed by atoms with Gasteiger partial charge in [-0.15, -0.1) is 6.58 Å². The molecule has 0 radical (unpaired) electrons. The van der Waals surface area contributed by atoms with Crippen molar-refractivity contribution in [2.24, 2.45) is 0 Å². The van der Waals surface area contributed by atoms with Crippen molar-refractivity contribution in [3.05, 3.63) is 90.4 Å². The van der Waals surface area contributed by atoms with Crippen molar-refractivity contribution in [1.82, 2.24) is 23.9 Å². The van der Waals surface area contributed by atoms with Crippen LogP contribution in [0.1, 0.15) is 17.0 Å². The average Bonchev–Trinajstić information content (AvgIpc) is 3.27. The molecule has 6 rings (SSSR count). The highest BCUT2D eigenvalue weighted by atomic mass is 15.2. The van der Waals surface area contributed by atoms with Gasteiger partial charge in [-0.2, -0.15) is 0 Å². The molecule has 0 bridgehead atoms. The van der Waals surface area contributed by atoms with Crippen LogP contribution in [-0.4, -0.2) is 23.9 Å². The van der Waals surface area contributed by atoms with Crippen LogP contribution in [0.2, 0.25) is 0 Å². The van der Waals surface area contributed by atoms with E-state index in [4.69, 9.17) is 15.0 Å². The molecule has 0 saturated heterocycles. The Labute approximate surface area is 179 Å². The summed E-state index contributed by atoms with van der Waals surface area (Å²) in [7, 11) is 0. The Kier molecular flexibility index (Phi) is 3.74. The Balaban J connectivity index is 1.72. The van der Waals surface area contributed by atoms with Crippen molar-refractivity contribution in [2.45, 2.75) is 20.3 Å². The number of allylic oxidation sites excluding steroid dienone is 1. The molecule has 2 aromatic carbocycles. The number of nitrogens with zero attached hydrogens (tertiary/aromatic N) is 5. The topological polar surface area (TPSA) is 48.0 Å². The van der Waals surface area contributed by atoms with Gasteiger partial charge in [-0.1, -0.05) is 36.4 Å². The largest absolute Gasteiger partial charge is 0.297 e. The maximum absolute atomic E-state index is 4.97. The van der Waals surface area contributed by atoms with Crippen LogP contribution >= 0.6 is 0 Å². The van der Waals surface area contributed by atoms with E-state index in [9.17, 15) is 0 Å². The predicted octanol–water partition coefficient (Wildman–Crippen LogP) is 5.72. The fraction of sp³-hybridized carbons (Fsp3) is 0.115. The van der Waals surface area contributed by atoms with Gasteiger partial charge in [-0.25, -0.2) is 15.0 Å². The second-order valence-electron chi connectivity index (χ2n) is 7.93. The van der Waals surface area contributed by atoms with E-state index in [1.807, 2.05) is 42.5 Å². The Morgan fingerprint density at radius 3 is 2.48 bits per heavy atom. The first-order valence-electron chi connectivity index (χ1n) is 10.4. The molecule has 150 valence electrons. The van der Waals surface area contributed by atoms with Crippen LogP contribution in [0.15, 0.2) is 73.4 Å². The molecule has 0 unspecified atom stereocenters. The standard InChI is InChI=1S/C26H21N5/c1-4-9-20-18-10-5-6-11-21(18)29-26(28-20)31-17(3)16(2)19-14-25-27-22-12-7-8-13-23(22)30(25)15-24(19)31/h4-8,10-15H,1,9H2,2-3H3. The predicted molar refractivity (Wildman–Crippen MR) is 126 cm³/mol. The smallest absolute Gasteiger partial charge is 0.235 e. The molecule has 0 fully saturated rings. The summed E-state index contributed by atoms with van der Waals surface area (Å²) in [5, 5.41) is 2.24. The lowest BCUT2D eigenvalue weighted by Gasteiger charge is -2.11. The second-order valence-corrected chi connectivity index (χ2v) is 7.93. The van der Waals surface area contributed by atoms with E-state index < -0.39 is 0 Å². The molecule has 0 aliphatic carbocycles. The minimum Gasteiger partial charge on any atom is -0.297 e. The minimum absolute atomic E-state index is 0.690.